The van der Waals surface area contributed by atoms with Gasteiger partial charge in [0.25, 0.3) is 0 Å². The van der Waals surface area contributed by atoms with Crippen molar-refractivity contribution in [3.8, 4) is 0 Å². The number of hydrogen-bond donors (Lipinski definition) is 1. The molecular weight excluding hydrogens is 150 g/mol. The molecule has 0 atom stereocenters. The third-order valence-corrected chi connectivity index (χ3v) is 0.716. The summed E-state index contributed by atoms with van der Waals surface area (Å²) in [7, 11) is 0. The Labute approximate surface area is 76.7 Å². The third-order valence-electron chi connectivity index (χ3n) is 0.716. The van der Waals surface area contributed by atoms with Gasteiger partial charge < -0.3 is 5.32 Å². The van der Waals surface area contributed by atoms with Crippen LogP contribution >= 0.6 is 0 Å². The van der Waals surface area contributed by atoms with E-state index < -0.39 is 0 Å². The van der Waals surface area contributed by atoms with Crippen LogP contribution in [0.25, 0.3) is 0 Å². The summed E-state index contributed by atoms with van der Waals surface area (Å²) < 4.78 is 0. The van der Waals surface area contributed by atoms with E-state index in [0.29, 0.717) is 0 Å². The molecule has 74 valence electrons. The Bertz CT molecular complexity index is 100. The lowest BCUT2D eigenvalue weighted by molar-refractivity contribution is -0.109. The number of carbonyl (C=O) groups excluding carboxylic acids is 1. The molecule has 0 saturated carbocycles. The summed E-state index contributed by atoms with van der Waals surface area (Å²) in [5.74, 6) is 0.833. The lowest BCUT2D eigenvalue weighted by atomic mass is 9.97. The summed E-state index contributed by atoms with van der Waals surface area (Å²) >= 11 is 0. The van der Waals surface area contributed by atoms with Gasteiger partial charge in [-0.3, -0.25) is 4.79 Å². The molecule has 0 aliphatic rings. The molecule has 0 aliphatic heterocycles. The van der Waals surface area contributed by atoms with Crippen molar-refractivity contribution < 1.29 is 4.79 Å². The fourth-order valence-electron chi connectivity index (χ4n) is 0.348. The van der Waals surface area contributed by atoms with E-state index in [1.54, 1.807) is 0 Å². The molecule has 1 amide bonds. The summed E-state index contributed by atoms with van der Waals surface area (Å²) in [5, 5.41) is 2.61. The van der Waals surface area contributed by atoms with Gasteiger partial charge in [-0.05, 0) is 11.3 Å². The van der Waals surface area contributed by atoms with E-state index >= 15 is 0 Å². The summed E-state index contributed by atoms with van der Waals surface area (Å²) in [4.78, 5) is 9.74. The number of nitrogens with one attached hydrogen (secondary N) is 1. The minimum atomic E-state index is 0.209. The molecule has 0 aromatic carbocycles. The van der Waals surface area contributed by atoms with E-state index in [0.717, 1.165) is 18.9 Å². The van der Waals surface area contributed by atoms with Gasteiger partial charge in [0.1, 0.15) is 0 Å². The van der Waals surface area contributed by atoms with Gasteiger partial charge in [-0.2, -0.15) is 0 Å². The van der Waals surface area contributed by atoms with Gasteiger partial charge in [0.2, 0.25) is 6.41 Å². The normalized spacial score (nSPS) is 10.2. The molecule has 2 nitrogen and oxygen atoms in total. The first kappa shape index (κ1) is 14.0. The van der Waals surface area contributed by atoms with Gasteiger partial charge in [0, 0.05) is 6.54 Å². The zero-order valence-corrected chi connectivity index (χ0v) is 9.27. The number of rotatable bonds is 2. The highest BCUT2D eigenvalue weighted by atomic mass is 16.1. The van der Waals surface area contributed by atoms with Crippen molar-refractivity contribution in [3.63, 3.8) is 0 Å². The van der Waals surface area contributed by atoms with Gasteiger partial charge in [-0.1, -0.05) is 41.5 Å². The molecule has 0 saturated heterocycles. The average molecular weight is 173 g/mol. The van der Waals surface area contributed by atoms with Crippen LogP contribution in [0.1, 0.15) is 41.5 Å². The zero-order chi connectivity index (χ0) is 10.2. The maximum atomic E-state index is 9.74. The van der Waals surface area contributed by atoms with Crippen LogP contribution in [0.5, 0.6) is 0 Å². The van der Waals surface area contributed by atoms with Crippen LogP contribution in [0, 0.1) is 11.3 Å². The van der Waals surface area contributed by atoms with Crippen LogP contribution in [0.2, 0.25) is 0 Å². The molecular formula is C10H23NO. The summed E-state index contributed by atoms with van der Waals surface area (Å²) in [5.41, 5.74) is 0.209. The molecule has 0 bridgehead atoms. The van der Waals surface area contributed by atoms with E-state index in [1.807, 2.05) is 0 Å². The van der Waals surface area contributed by atoms with Crippen molar-refractivity contribution in [1.29, 1.82) is 0 Å². The van der Waals surface area contributed by atoms with Crippen molar-refractivity contribution in [2.45, 2.75) is 41.5 Å². The molecule has 0 rings (SSSR count). The monoisotopic (exact) mass is 173 g/mol. The second kappa shape index (κ2) is 7.14. The summed E-state index contributed by atoms with van der Waals surface area (Å²) in [6.07, 6.45) is 0.727. The summed E-state index contributed by atoms with van der Waals surface area (Å²) in [6, 6.07) is 0. The highest BCUT2D eigenvalue weighted by Gasteiger charge is 2.07. The fraction of sp³-hybridized carbons (Fsp3) is 0.900. The first-order valence-corrected chi connectivity index (χ1v) is 4.46. The summed E-state index contributed by atoms with van der Waals surface area (Å²) in [6.45, 7) is 13.5. The molecule has 0 aromatic heterocycles. The highest BCUT2D eigenvalue weighted by Crippen LogP contribution is 2.09. The quantitative estimate of drug-likeness (QED) is 0.638. The van der Waals surface area contributed by atoms with E-state index in [2.05, 4.69) is 46.9 Å². The molecule has 0 aliphatic carbocycles. The van der Waals surface area contributed by atoms with Gasteiger partial charge in [-0.25, -0.2) is 0 Å². The van der Waals surface area contributed by atoms with Crippen LogP contribution in [0.3, 0.4) is 0 Å². The van der Waals surface area contributed by atoms with Crippen LogP contribution < -0.4 is 5.32 Å². The molecule has 0 spiro atoms. The highest BCUT2D eigenvalue weighted by molar-refractivity contribution is 5.45. The topological polar surface area (TPSA) is 29.1 Å². The van der Waals surface area contributed by atoms with E-state index in [4.69, 9.17) is 0 Å². The lowest BCUT2D eigenvalue weighted by Crippen LogP contribution is -2.25. The van der Waals surface area contributed by atoms with Crippen LogP contribution in [-0.4, -0.2) is 13.0 Å². The standard InChI is InChI=1S/C6H13NO.C4H10/c1-6(2,3)4-7-5-8;1-4(2)3/h5H,4H2,1-3H3,(H,7,8);4H,1-3H3. The molecule has 0 radical (unpaired) electrons. The number of amides is 1. The Morgan fingerprint density at radius 2 is 1.58 bits per heavy atom. The Hall–Kier alpha value is -0.530. The Balaban J connectivity index is 0. The van der Waals surface area contributed by atoms with Crippen molar-refractivity contribution >= 4 is 6.41 Å². The van der Waals surface area contributed by atoms with Crippen LogP contribution in [-0.2, 0) is 4.79 Å². The van der Waals surface area contributed by atoms with Crippen LogP contribution in [0.4, 0.5) is 0 Å². The Morgan fingerprint density at radius 3 is 1.67 bits per heavy atom. The third kappa shape index (κ3) is 34.0. The van der Waals surface area contributed by atoms with Gasteiger partial charge >= 0.3 is 0 Å². The van der Waals surface area contributed by atoms with Gasteiger partial charge in [-0.15, -0.1) is 0 Å². The minimum absolute atomic E-state index is 0.209. The first-order valence-electron chi connectivity index (χ1n) is 4.46. The lowest BCUT2D eigenvalue weighted by Gasteiger charge is -2.15. The SMILES string of the molecule is CC(C)(C)CNC=O.CC(C)C. The van der Waals surface area contributed by atoms with Crippen molar-refractivity contribution in [1.82, 2.24) is 5.32 Å². The molecule has 0 unspecified atom stereocenters. The van der Waals surface area contributed by atoms with E-state index in [9.17, 15) is 4.79 Å². The predicted octanol–water partition coefficient (Wildman–Crippen LogP) is 2.44. The zero-order valence-electron chi connectivity index (χ0n) is 9.27. The smallest absolute Gasteiger partial charge is 0.207 e. The number of carbonyl (C=O) groups is 1. The van der Waals surface area contributed by atoms with Crippen molar-refractivity contribution in [3.05, 3.63) is 0 Å². The predicted molar refractivity (Wildman–Crippen MR) is 54.0 cm³/mol. The molecule has 2 heteroatoms. The van der Waals surface area contributed by atoms with Crippen molar-refractivity contribution in [2.24, 2.45) is 11.3 Å². The molecule has 1 N–H and O–H groups in total. The van der Waals surface area contributed by atoms with E-state index in [-0.39, 0.29) is 5.41 Å². The van der Waals surface area contributed by atoms with Gasteiger partial charge in [0.05, 0.1) is 0 Å². The number of hydrogen-bond acceptors (Lipinski definition) is 1. The largest absolute Gasteiger partial charge is 0.358 e. The average Bonchev–Trinajstić information content (AvgIpc) is 1.80. The van der Waals surface area contributed by atoms with Gasteiger partial charge in [0.15, 0.2) is 0 Å². The van der Waals surface area contributed by atoms with Crippen molar-refractivity contribution in [2.75, 3.05) is 6.54 Å². The maximum Gasteiger partial charge on any atom is 0.207 e. The molecule has 0 aromatic rings. The molecule has 12 heavy (non-hydrogen) atoms. The second-order valence-corrected chi connectivity index (χ2v) is 4.79. The van der Waals surface area contributed by atoms with E-state index in [1.165, 1.54) is 0 Å². The fourth-order valence-corrected chi connectivity index (χ4v) is 0.348. The Morgan fingerprint density at radius 1 is 1.25 bits per heavy atom. The maximum absolute atomic E-state index is 9.74. The van der Waals surface area contributed by atoms with Crippen LogP contribution in [0.15, 0.2) is 0 Å². The Kier molecular flexibility index (Phi) is 8.34. The molecule has 0 heterocycles. The second-order valence-electron chi connectivity index (χ2n) is 4.79. The molecule has 0 fully saturated rings. The minimum Gasteiger partial charge on any atom is -0.358 e. The first-order chi connectivity index (χ1) is 5.29.